The summed E-state index contributed by atoms with van der Waals surface area (Å²) in [5.74, 6) is 1.02. The van der Waals surface area contributed by atoms with E-state index in [1.165, 1.54) is 12.1 Å². The number of ether oxygens (including phenoxy) is 3. The molecular weight excluding hydrogens is 330 g/mol. The Labute approximate surface area is 141 Å². The summed E-state index contributed by atoms with van der Waals surface area (Å²) in [6, 6.07) is 12.2. The van der Waals surface area contributed by atoms with E-state index in [0.29, 0.717) is 31.3 Å². The molecule has 2 aromatic rings. The van der Waals surface area contributed by atoms with Crippen molar-refractivity contribution in [2.45, 2.75) is 18.0 Å². The van der Waals surface area contributed by atoms with Crippen LogP contribution in [0.25, 0.3) is 0 Å². The number of hydrogen-bond donors (Lipinski definition) is 1. The lowest BCUT2D eigenvalue weighted by molar-refractivity contribution is 0.171. The first kappa shape index (κ1) is 16.8. The number of hydrogen-bond acceptors (Lipinski definition) is 5. The molecule has 0 radical (unpaired) electrons. The van der Waals surface area contributed by atoms with Crippen molar-refractivity contribution in [3.05, 3.63) is 53.6 Å². The van der Waals surface area contributed by atoms with Gasteiger partial charge in [-0.05, 0) is 23.3 Å². The van der Waals surface area contributed by atoms with Crippen molar-refractivity contribution in [3.63, 3.8) is 0 Å². The average molecular weight is 349 g/mol. The Hall–Kier alpha value is -2.09. The normalized spacial score (nSPS) is 13.7. The molecule has 6 nitrogen and oxygen atoms in total. The zero-order valence-corrected chi connectivity index (χ0v) is 14.1. The van der Waals surface area contributed by atoms with Crippen molar-refractivity contribution >= 4 is 10.0 Å². The molecule has 0 amide bonds. The van der Waals surface area contributed by atoms with Crippen LogP contribution in [0.15, 0.2) is 47.4 Å². The van der Waals surface area contributed by atoms with Crippen molar-refractivity contribution in [2.75, 3.05) is 20.3 Å². The average Bonchev–Trinajstić information content (AvgIpc) is 2.61. The van der Waals surface area contributed by atoms with Crippen molar-refractivity contribution in [1.29, 1.82) is 0 Å². The lowest BCUT2D eigenvalue weighted by Gasteiger charge is -2.19. The Morgan fingerprint density at radius 2 is 1.67 bits per heavy atom. The topological polar surface area (TPSA) is 73.9 Å². The summed E-state index contributed by atoms with van der Waals surface area (Å²) in [6.07, 6.45) is 0. The zero-order chi connectivity index (χ0) is 17.0. The highest BCUT2D eigenvalue weighted by Crippen LogP contribution is 2.32. The quantitative estimate of drug-likeness (QED) is 0.864. The van der Waals surface area contributed by atoms with Gasteiger partial charge in [-0.3, -0.25) is 0 Å². The number of benzene rings is 2. The van der Waals surface area contributed by atoms with E-state index in [0.717, 1.165) is 11.1 Å². The third-order valence-corrected chi connectivity index (χ3v) is 5.02. The Kier molecular flexibility index (Phi) is 5.03. The third-order valence-electron chi connectivity index (χ3n) is 3.62. The fraction of sp³-hybridized carbons (Fsp3) is 0.294. The first-order chi connectivity index (χ1) is 11.6. The lowest BCUT2D eigenvalue weighted by atomic mass is 10.1. The van der Waals surface area contributed by atoms with Gasteiger partial charge in [0.15, 0.2) is 11.5 Å². The predicted molar refractivity (Wildman–Crippen MR) is 88.6 cm³/mol. The van der Waals surface area contributed by atoms with E-state index in [1.54, 1.807) is 13.2 Å². The van der Waals surface area contributed by atoms with Crippen molar-refractivity contribution in [2.24, 2.45) is 0 Å². The van der Waals surface area contributed by atoms with E-state index in [1.807, 2.05) is 24.3 Å². The van der Waals surface area contributed by atoms with Gasteiger partial charge in [0.1, 0.15) is 13.2 Å². The van der Waals surface area contributed by atoms with Crippen LogP contribution in [0.3, 0.4) is 0 Å². The minimum atomic E-state index is -3.62. The number of methoxy groups -OCH3 is 1. The molecule has 0 unspecified atom stereocenters. The van der Waals surface area contributed by atoms with Gasteiger partial charge in [-0.25, -0.2) is 13.1 Å². The molecular formula is C17H19NO5S. The molecule has 3 rings (SSSR count). The molecule has 0 aliphatic carbocycles. The molecule has 1 heterocycles. The van der Waals surface area contributed by atoms with Crippen molar-refractivity contribution in [1.82, 2.24) is 4.72 Å². The van der Waals surface area contributed by atoms with E-state index in [2.05, 4.69) is 4.72 Å². The number of rotatable bonds is 6. The largest absolute Gasteiger partial charge is 0.486 e. The molecule has 7 heteroatoms. The minimum Gasteiger partial charge on any atom is -0.486 e. The summed E-state index contributed by atoms with van der Waals surface area (Å²) >= 11 is 0. The van der Waals surface area contributed by atoms with Gasteiger partial charge in [-0.15, -0.1) is 0 Å². The highest BCUT2D eigenvalue weighted by molar-refractivity contribution is 7.89. The molecule has 1 aliphatic rings. The Morgan fingerprint density at radius 1 is 1.00 bits per heavy atom. The van der Waals surface area contributed by atoms with Crippen LogP contribution in [0.5, 0.6) is 11.5 Å². The molecule has 2 aromatic carbocycles. The second kappa shape index (κ2) is 7.21. The van der Waals surface area contributed by atoms with Crippen LogP contribution in [-0.2, 0) is 27.9 Å². The molecule has 0 aromatic heterocycles. The highest BCUT2D eigenvalue weighted by Gasteiger charge is 2.19. The standard InChI is InChI=1S/C17H19NO5S/c1-21-12-14-4-2-13(3-5-14)11-18-24(19,20)15-6-7-16-17(10-15)23-9-8-22-16/h2-7,10,18H,8-9,11-12H2,1H3. The summed E-state index contributed by atoms with van der Waals surface area (Å²) < 4.78 is 43.3. The van der Waals surface area contributed by atoms with Gasteiger partial charge in [-0.1, -0.05) is 24.3 Å². The molecule has 0 atom stereocenters. The van der Waals surface area contributed by atoms with E-state index in [9.17, 15) is 8.42 Å². The van der Waals surface area contributed by atoms with Gasteiger partial charge in [-0.2, -0.15) is 0 Å². The Balaban J connectivity index is 1.69. The smallest absolute Gasteiger partial charge is 0.241 e. The molecule has 0 saturated heterocycles. The summed E-state index contributed by atoms with van der Waals surface area (Å²) in [7, 11) is -1.99. The highest BCUT2D eigenvalue weighted by atomic mass is 32.2. The van der Waals surface area contributed by atoms with Crippen LogP contribution in [0.2, 0.25) is 0 Å². The predicted octanol–water partition coefficient (Wildman–Crippen LogP) is 2.08. The summed E-state index contributed by atoms with van der Waals surface area (Å²) in [6.45, 7) is 1.63. The van der Waals surface area contributed by atoms with Gasteiger partial charge in [0.05, 0.1) is 11.5 Å². The molecule has 24 heavy (non-hydrogen) atoms. The van der Waals surface area contributed by atoms with Crippen LogP contribution < -0.4 is 14.2 Å². The maximum Gasteiger partial charge on any atom is 0.241 e. The second-order valence-corrected chi connectivity index (χ2v) is 7.15. The van der Waals surface area contributed by atoms with E-state index in [4.69, 9.17) is 14.2 Å². The van der Waals surface area contributed by atoms with Crippen LogP contribution in [-0.4, -0.2) is 28.7 Å². The van der Waals surface area contributed by atoms with Gasteiger partial charge in [0, 0.05) is 19.7 Å². The third kappa shape index (κ3) is 3.87. The fourth-order valence-corrected chi connectivity index (χ4v) is 3.41. The van der Waals surface area contributed by atoms with Gasteiger partial charge >= 0.3 is 0 Å². The summed E-state index contributed by atoms with van der Waals surface area (Å²) in [5, 5.41) is 0. The minimum absolute atomic E-state index is 0.155. The molecule has 1 N–H and O–H groups in total. The fourth-order valence-electron chi connectivity index (χ4n) is 2.37. The van der Waals surface area contributed by atoms with E-state index in [-0.39, 0.29) is 11.4 Å². The van der Waals surface area contributed by atoms with Crippen molar-refractivity contribution < 1.29 is 22.6 Å². The van der Waals surface area contributed by atoms with Gasteiger partial charge < -0.3 is 14.2 Å². The maximum atomic E-state index is 12.4. The number of nitrogens with one attached hydrogen (secondary N) is 1. The molecule has 0 bridgehead atoms. The SMILES string of the molecule is COCc1ccc(CNS(=O)(=O)c2ccc3c(c2)OCCO3)cc1. The summed E-state index contributed by atoms with van der Waals surface area (Å²) in [5.41, 5.74) is 1.91. The number of fused-ring (bicyclic) bond motifs is 1. The first-order valence-corrected chi connectivity index (χ1v) is 9.03. The maximum absolute atomic E-state index is 12.4. The molecule has 128 valence electrons. The first-order valence-electron chi connectivity index (χ1n) is 7.54. The van der Waals surface area contributed by atoms with Gasteiger partial charge in [0.2, 0.25) is 10.0 Å². The molecule has 1 aliphatic heterocycles. The molecule has 0 fully saturated rings. The van der Waals surface area contributed by atoms with E-state index < -0.39 is 10.0 Å². The Bertz CT molecular complexity index is 802. The second-order valence-electron chi connectivity index (χ2n) is 5.38. The van der Waals surface area contributed by atoms with E-state index >= 15 is 0 Å². The van der Waals surface area contributed by atoms with Crippen LogP contribution in [0.1, 0.15) is 11.1 Å². The molecule has 0 saturated carbocycles. The zero-order valence-electron chi connectivity index (χ0n) is 13.3. The van der Waals surface area contributed by atoms with Crippen LogP contribution in [0, 0.1) is 0 Å². The number of sulfonamides is 1. The van der Waals surface area contributed by atoms with Crippen molar-refractivity contribution in [3.8, 4) is 11.5 Å². The van der Waals surface area contributed by atoms with Crippen LogP contribution in [0.4, 0.5) is 0 Å². The lowest BCUT2D eigenvalue weighted by Crippen LogP contribution is -2.23. The molecule has 0 spiro atoms. The summed E-state index contributed by atoms with van der Waals surface area (Å²) in [4.78, 5) is 0.155. The van der Waals surface area contributed by atoms with Gasteiger partial charge in [0.25, 0.3) is 0 Å². The van der Waals surface area contributed by atoms with Crippen LogP contribution >= 0.6 is 0 Å². The monoisotopic (exact) mass is 349 g/mol. The Morgan fingerprint density at radius 3 is 2.38 bits per heavy atom.